The summed E-state index contributed by atoms with van der Waals surface area (Å²) >= 11 is 1.53. The van der Waals surface area contributed by atoms with Crippen molar-refractivity contribution in [3.63, 3.8) is 0 Å². The molecule has 1 aromatic rings. The summed E-state index contributed by atoms with van der Waals surface area (Å²) in [7, 11) is 0. The Hall–Kier alpha value is -1.35. The first kappa shape index (κ1) is 11.1. The topological polar surface area (TPSA) is 29.4 Å². The molecule has 2 rings (SSSR count). The Labute approximate surface area is 99.5 Å². The Kier molecular flexibility index (Phi) is 2.97. The molecule has 0 saturated heterocycles. The predicted octanol–water partition coefficient (Wildman–Crippen LogP) is 3.04. The average Bonchev–Trinajstić information content (AvgIpc) is 2.57. The second kappa shape index (κ2) is 4.26. The van der Waals surface area contributed by atoms with Gasteiger partial charge < -0.3 is 0 Å². The van der Waals surface area contributed by atoms with Gasteiger partial charge in [0, 0.05) is 5.56 Å². The SMILES string of the molecule is C=CC[C@@]1(C)SC(c2ccccc2)=NC1=O. The van der Waals surface area contributed by atoms with Crippen molar-refractivity contribution in [1.82, 2.24) is 0 Å². The summed E-state index contributed by atoms with van der Waals surface area (Å²) in [5, 5.41) is 0.815. The minimum atomic E-state index is -0.465. The molecule has 0 fully saturated rings. The second-order valence-corrected chi connectivity index (χ2v) is 5.41. The highest BCUT2D eigenvalue weighted by atomic mass is 32.2. The molecule has 0 saturated carbocycles. The summed E-state index contributed by atoms with van der Waals surface area (Å²) in [6.45, 7) is 5.60. The van der Waals surface area contributed by atoms with E-state index in [9.17, 15) is 4.79 Å². The lowest BCUT2D eigenvalue weighted by molar-refractivity contribution is -0.119. The van der Waals surface area contributed by atoms with E-state index in [1.54, 1.807) is 6.08 Å². The Morgan fingerprint density at radius 3 is 2.75 bits per heavy atom. The highest BCUT2D eigenvalue weighted by Gasteiger charge is 2.39. The summed E-state index contributed by atoms with van der Waals surface area (Å²) in [5.41, 5.74) is 1.01. The molecule has 2 nitrogen and oxygen atoms in total. The first-order chi connectivity index (χ1) is 7.65. The van der Waals surface area contributed by atoms with Crippen molar-refractivity contribution in [3.8, 4) is 0 Å². The number of thioether (sulfide) groups is 1. The summed E-state index contributed by atoms with van der Waals surface area (Å²) < 4.78 is -0.465. The van der Waals surface area contributed by atoms with Crippen molar-refractivity contribution in [2.75, 3.05) is 0 Å². The second-order valence-electron chi connectivity index (χ2n) is 3.91. The van der Waals surface area contributed by atoms with Crippen molar-refractivity contribution >= 4 is 22.7 Å². The molecular weight excluding hydrogens is 218 g/mol. The molecule has 0 aromatic heterocycles. The van der Waals surface area contributed by atoms with Gasteiger partial charge in [0.1, 0.15) is 9.79 Å². The van der Waals surface area contributed by atoms with E-state index in [1.807, 2.05) is 37.3 Å². The maximum absolute atomic E-state index is 11.8. The molecule has 3 heteroatoms. The summed E-state index contributed by atoms with van der Waals surface area (Å²) in [6, 6.07) is 9.80. The predicted molar refractivity (Wildman–Crippen MR) is 68.8 cm³/mol. The monoisotopic (exact) mass is 231 g/mol. The van der Waals surface area contributed by atoms with Gasteiger partial charge in [0.25, 0.3) is 5.91 Å². The molecule has 0 bridgehead atoms. The van der Waals surface area contributed by atoms with Gasteiger partial charge in [0.05, 0.1) is 0 Å². The summed E-state index contributed by atoms with van der Waals surface area (Å²) in [6.07, 6.45) is 2.42. The minimum Gasteiger partial charge on any atom is -0.271 e. The minimum absolute atomic E-state index is 0.0590. The van der Waals surface area contributed by atoms with Crippen molar-refractivity contribution in [2.24, 2.45) is 4.99 Å². The third kappa shape index (κ3) is 1.95. The number of hydrogen-bond acceptors (Lipinski definition) is 2. The van der Waals surface area contributed by atoms with Crippen LogP contribution in [0.3, 0.4) is 0 Å². The number of carbonyl (C=O) groups excluding carboxylic acids is 1. The van der Waals surface area contributed by atoms with Gasteiger partial charge in [0.15, 0.2) is 0 Å². The molecule has 16 heavy (non-hydrogen) atoms. The zero-order valence-electron chi connectivity index (χ0n) is 9.14. The maximum Gasteiger partial charge on any atom is 0.263 e. The fourth-order valence-electron chi connectivity index (χ4n) is 1.60. The molecule has 1 atom stereocenters. The lowest BCUT2D eigenvalue weighted by atomic mass is 10.1. The quantitative estimate of drug-likeness (QED) is 0.748. The van der Waals surface area contributed by atoms with Crippen LogP contribution < -0.4 is 0 Å². The van der Waals surface area contributed by atoms with Crippen LogP contribution in [0.1, 0.15) is 18.9 Å². The van der Waals surface area contributed by atoms with Gasteiger partial charge in [-0.2, -0.15) is 0 Å². The zero-order valence-corrected chi connectivity index (χ0v) is 9.96. The molecule has 0 unspecified atom stereocenters. The fraction of sp³-hybridized carbons (Fsp3) is 0.231. The first-order valence-corrected chi connectivity index (χ1v) is 5.96. The van der Waals surface area contributed by atoms with Gasteiger partial charge in [-0.05, 0) is 13.3 Å². The van der Waals surface area contributed by atoms with E-state index in [1.165, 1.54) is 11.8 Å². The molecule has 1 heterocycles. The molecule has 0 spiro atoms. The molecule has 1 aliphatic heterocycles. The molecular formula is C13H13NOS. The van der Waals surface area contributed by atoms with Crippen LogP contribution in [0.15, 0.2) is 48.0 Å². The van der Waals surface area contributed by atoms with E-state index < -0.39 is 4.75 Å². The summed E-state index contributed by atoms with van der Waals surface area (Å²) in [5.74, 6) is -0.0590. The lowest BCUT2D eigenvalue weighted by Crippen LogP contribution is -2.25. The molecule has 0 radical (unpaired) electrons. The number of hydrogen-bond donors (Lipinski definition) is 0. The van der Waals surface area contributed by atoms with Crippen molar-refractivity contribution in [3.05, 3.63) is 48.6 Å². The van der Waals surface area contributed by atoms with Crippen LogP contribution in [0.4, 0.5) is 0 Å². The van der Waals surface area contributed by atoms with E-state index in [0.717, 1.165) is 10.6 Å². The van der Waals surface area contributed by atoms with Crippen LogP contribution in [0.2, 0.25) is 0 Å². The van der Waals surface area contributed by atoms with Gasteiger partial charge in [-0.1, -0.05) is 48.2 Å². The number of amides is 1. The number of nitrogens with zero attached hydrogens (tertiary/aromatic N) is 1. The lowest BCUT2D eigenvalue weighted by Gasteiger charge is -2.17. The Bertz CT molecular complexity index is 452. The fourth-order valence-corrected chi connectivity index (χ4v) is 2.74. The van der Waals surface area contributed by atoms with Crippen LogP contribution >= 0.6 is 11.8 Å². The van der Waals surface area contributed by atoms with Gasteiger partial charge in [0.2, 0.25) is 0 Å². The van der Waals surface area contributed by atoms with E-state index in [-0.39, 0.29) is 5.91 Å². The molecule has 0 N–H and O–H groups in total. The molecule has 1 aromatic carbocycles. The highest BCUT2D eigenvalue weighted by Crippen LogP contribution is 2.39. The van der Waals surface area contributed by atoms with Crippen molar-refractivity contribution in [2.45, 2.75) is 18.1 Å². The first-order valence-electron chi connectivity index (χ1n) is 5.14. The standard InChI is InChI=1S/C13H13NOS/c1-3-9-13(2)12(15)14-11(16-13)10-7-5-4-6-8-10/h3-8H,1,9H2,2H3/t13-/m1/s1. The van der Waals surface area contributed by atoms with E-state index >= 15 is 0 Å². The van der Waals surface area contributed by atoms with Crippen LogP contribution in [0, 0.1) is 0 Å². The largest absolute Gasteiger partial charge is 0.271 e. The third-order valence-corrected chi connectivity index (χ3v) is 3.84. The number of rotatable bonds is 3. The number of aliphatic imine (C=N–C) groups is 1. The van der Waals surface area contributed by atoms with Gasteiger partial charge >= 0.3 is 0 Å². The molecule has 1 amide bonds. The Balaban J connectivity index is 2.26. The Morgan fingerprint density at radius 2 is 2.12 bits per heavy atom. The van der Waals surface area contributed by atoms with Gasteiger partial charge in [-0.3, -0.25) is 4.79 Å². The van der Waals surface area contributed by atoms with Crippen LogP contribution in [0.5, 0.6) is 0 Å². The number of benzene rings is 1. The van der Waals surface area contributed by atoms with Gasteiger partial charge in [-0.25, -0.2) is 4.99 Å². The maximum atomic E-state index is 11.8. The van der Waals surface area contributed by atoms with Crippen LogP contribution in [-0.2, 0) is 4.79 Å². The Morgan fingerprint density at radius 1 is 1.44 bits per heavy atom. The molecule has 1 aliphatic rings. The third-order valence-electron chi connectivity index (χ3n) is 2.53. The van der Waals surface area contributed by atoms with E-state index in [0.29, 0.717) is 6.42 Å². The zero-order chi connectivity index (χ0) is 11.6. The average molecular weight is 231 g/mol. The highest BCUT2D eigenvalue weighted by molar-refractivity contribution is 8.16. The normalized spacial score (nSPS) is 24.3. The molecule has 82 valence electrons. The van der Waals surface area contributed by atoms with Crippen LogP contribution in [-0.4, -0.2) is 15.7 Å². The summed E-state index contributed by atoms with van der Waals surface area (Å²) in [4.78, 5) is 15.9. The number of allylic oxidation sites excluding steroid dienone is 1. The number of carbonyl (C=O) groups is 1. The molecule has 0 aliphatic carbocycles. The van der Waals surface area contributed by atoms with E-state index in [4.69, 9.17) is 0 Å². The van der Waals surface area contributed by atoms with Gasteiger partial charge in [-0.15, -0.1) is 6.58 Å². The van der Waals surface area contributed by atoms with Crippen LogP contribution in [0.25, 0.3) is 0 Å². The van der Waals surface area contributed by atoms with Crippen molar-refractivity contribution < 1.29 is 4.79 Å². The van der Waals surface area contributed by atoms with Crippen molar-refractivity contribution in [1.29, 1.82) is 0 Å². The smallest absolute Gasteiger partial charge is 0.263 e. The van der Waals surface area contributed by atoms with E-state index in [2.05, 4.69) is 11.6 Å².